The number of nitrogens with one attached hydrogen (secondary N) is 1. The van der Waals surface area contributed by atoms with E-state index in [9.17, 15) is 10.1 Å². The molecule has 1 rings (SSSR count). The van der Waals surface area contributed by atoms with Gasteiger partial charge in [0.25, 0.3) is 5.69 Å². The highest BCUT2D eigenvalue weighted by Gasteiger charge is 2.12. The maximum absolute atomic E-state index is 10.7. The first kappa shape index (κ1) is 12.1. The van der Waals surface area contributed by atoms with E-state index in [0.717, 1.165) is 5.75 Å². The highest BCUT2D eigenvalue weighted by atomic mass is 35.5. The molecule has 0 aliphatic carbocycles. The van der Waals surface area contributed by atoms with Crippen molar-refractivity contribution in [3.05, 3.63) is 33.3 Å². The number of rotatable bonds is 5. The number of benzene rings is 1. The van der Waals surface area contributed by atoms with Crippen molar-refractivity contribution < 1.29 is 4.92 Å². The van der Waals surface area contributed by atoms with Gasteiger partial charge in [0.2, 0.25) is 0 Å². The lowest BCUT2D eigenvalue weighted by Crippen LogP contribution is -2.06. The van der Waals surface area contributed by atoms with Gasteiger partial charge >= 0.3 is 0 Å². The van der Waals surface area contributed by atoms with E-state index in [2.05, 4.69) is 5.32 Å². The molecule has 15 heavy (non-hydrogen) atoms. The standard InChI is InChI=1S/C9H11ClN2O2S/c1-15-5-4-11-8-6-7(10)2-3-9(8)12(13)14/h2-3,6,11H,4-5H2,1H3. The maximum Gasteiger partial charge on any atom is 0.292 e. The lowest BCUT2D eigenvalue weighted by molar-refractivity contribution is -0.384. The van der Waals surface area contributed by atoms with E-state index in [-0.39, 0.29) is 5.69 Å². The molecule has 82 valence electrons. The average molecular weight is 247 g/mol. The van der Waals surface area contributed by atoms with Gasteiger partial charge in [-0.15, -0.1) is 0 Å². The zero-order chi connectivity index (χ0) is 11.3. The molecule has 1 aromatic rings. The molecule has 1 N–H and O–H groups in total. The third kappa shape index (κ3) is 3.60. The average Bonchev–Trinajstić information content (AvgIpc) is 2.18. The maximum atomic E-state index is 10.7. The molecule has 0 saturated heterocycles. The van der Waals surface area contributed by atoms with Crippen molar-refractivity contribution in [2.45, 2.75) is 0 Å². The van der Waals surface area contributed by atoms with Crippen LogP contribution < -0.4 is 5.32 Å². The number of hydrogen-bond acceptors (Lipinski definition) is 4. The molecule has 0 unspecified atom stereocenters. The molecule has 6 heteroatoms. The van der Waals surface area contributed by atoms with Crippen LogP contribution >= 0.6 is 23.4 Å². The van der Waals surface area contributed by atoms with Gasteiger partial charge in [-0.2, -0.15) is 11.8 Å². The second kappa shape index (κ2) is 5.82. The van der Waals surface area contributed by atoms with Crippen LogP contribution in [0.15, 0.2) is 18.2 Å². The molecule has 0 radical (unpaired) electrons. The number of nitro benzene ring substituents is 1. The summed E-state index contributed by atoms with van der Waals surface area (Å²) < 4.78 is 0. The Hall–Kier alpha value is -0.940. The first-order chi connectivity index (χ1) is 7.15. The number of anilines is 1. The minimum Gasteiger partial charge on any atom is -0.379 e. The van der Waals surface area contributed by atoms with Crippen molar-refractivity contribution in [3.8, 4) is 0 Å². The van der Waals surface area contributed by atoms with Gasteiger partial charge in [-0.3, -0.25) is 10.1 Å². The molecule has 0 saturated carbocycles. The molecule has 0 aliphatic heterocycles. The summed E-state index contributed by atoms with van der Waals surface area (Å²) in [6.07, 6.45) is 1.98. The van der Waals surface area contributed by atoms with Crippen LogP contribution in [0, 0.1) is 10.1 Å². The summed E-state index contributed by atoms with van der Waals surface area (Å²) in [5.41, 5.74) is 0.530. The molecule has 0 amide bonds. The molecule has 0 fully saturated rings. The van der Waals surface area contributed by atoms with Crippen molar-refractivity contribution in [1.29, 1.82) is 0 Å². The lowest BCUT2D eigenvalue weighted by Gasteiger charge is -2.06. The summed E-state index contributed by atoms with van der Waals surface area (Å²) in [6.45, 7) is 0.683. The Morgan fingerprint density at radius 1 is 1.60 bits per heavy atom. The zero-order valence-corrected chi connectivity index (χ0v) is 9.77. The molecule has 0 heterocycles. The second-order valence-corrected chi connectivity index (χ2v) is 4.26. The fourth-order valence-corrected chi connectivity index (χ4v) is 1.58. The minimum atomic E-state index is -0.419. The molecular formula is C9H11ClN2O2S. The van der Waals surface area contributed by atoms with E-state index in [1.807, 2.05) is 6.26 Å². The van der Waals surface area contributed by atoms with Gasteiger partial charge < -0.3 is 5.32 Å². The van der Waals surface area contributed by atoms with Crippen molar-refractivity contribution in [2.75, 3.05) is 23.9 Å². The third-order valence-corrected chi connectivity index (χ3v) is 2.62. The smallest absolute Gasteiger partial charge is 0.292 e. The van der Waals surface area contributed by atoms with Crippen LogP contribution in [-0.4, -0.2) is 23.5 Å². The van der Waals surface area contributed by atoms with Gasteiger partial charge in [-0.25, -0.2) is 0 Å². The van der Waals surface area contributed by atoms with E-state index < -0.39 is 4.92 Å². The number of halogens is 1. The van der Waals surface area contributed by atoms with E-state index in [4.69, 9.17) is 11.6 Å². The van der Waals surface area contributed by atoms with Crippen molar-refractivity contribution in [1.82, 2.24) is 0 Å². The summed E-state index contributed by atoms with van der Waals surface area (Å²) in [4.78, 5) is 10.3. The Balaban J connectivity index is 2.82. The molecule has 0 atom stereocenters. The highest BCUT2D eigenvalue weighted by molar-refractivity contribution is 7.98. The topological polar surface area (TPSA) is 55.2 Å². The molecule has 4 nitrogen and oxygen atoms in total. The van der Waals surface area contributed by atoms with Crippen LogP contribution in [0.4, 0.5) is 11.4 Å². The van der Waals surface area contributed by atoms with Crippen molar-refractivity contribution >= 4 is 34.7 Å². The summed E-state index contributed by atoms with van der Waals surface area (Å²) in [5.74, 6) is 0.893. The fraction of sp³-hybridized carbons (Fsp3) is 0.333. The van der Waals surface area contributed by atoms with Gasteiger partial charge in [0, 0.05) is 23.4 Å². The van der Waals surface area contributed by atoms with Crippen LogP contribution in [0.2, 0.25) is 5.02 Å². The van der Waals surface area contributed by atoms with Crippen LogP contribution in [-0.2, 0) is 0 Å². The Morgan fingerprint density at radius 3 is 2.93 bits per heavy atom. The quantitative estimate of drug-likeness (QED) is 0.493. The van der Waals surface area contributed by atoms with Crippen molar-refractivity contribution in [3.63, 3.8) is 0 Å². The first-order valence-electron chi connectivity index (χ1n) is 4.32. The van der Waals surface area contributed by atoms with Crippen LogP contribution in [0.1, 0.15) is 0 Å². The van der Waals surface area contributed by atoms with Gasteiger partial charge in [0.05, 0.1) is 4.92 Å². The second-order valence-electron chi connectivity index (χ2n) is 2.84. The monoisotopic (exact) mass is 246 g/mol. The van der Waals surface area contributed by atoms with E-state index in [1.54, 1.807) is 17.8 Å². The zero-order valence-electron chi connectivity index (χ0n) is 8.20. The number of nitrogens with zero attached hydrogens (tertiary/aromatic N) is 1. The Morgan fingerprint density at radius 2 is 2.33 bits per heavy atom. The summed E-state index contributed by atoms with van der Waals surface area (Å²) in [6, 6.07) is 4.49. The largest absolute Gasteiger partial charge is 0.379 e. The van der Waals surface area contributed by atoms with Gasteiger partial charge in [0.1, 0.15) is 5.69 Å². The molecule has 0 bridgehead atoms. The normalized spacial score (nSPS) is 10.0. The summed E-state index contributed by atoms with van der Waals surface area (Å²) in [7, 11) is 0. The predicted molar refractivity (Wildman–Crippen MR) is 65.0 cm³/mol. The number of thioether (sulfide) groups is 1. The number of hydrogen-bond donors (Lipinski definition) is 1. The van der Waals surface area contributed by atoms with Crippen LogP contribution in [0.3, 0.4) is 0 Å². The summed E-state index contributed by atoms with van der Waals surface area (Å²) in [5, 5.41) is 14.2. The van der Waals surface area contributed by atoms with E-state index in [0.29, 0.717) is 17.3 Å². The van der Waals surface area contributed by atoms with E-state index in [1.165, 1.54) is 12.1 Å². The minimum absolute atomic E-state index is 0.0560. The molecule has 0 aromatic heterocycles. The van der Waals surface area contributed by atoms with E-state index >= 15 is 0 Å². The van der Waals surface area contributed by atoms with Crippen molar-refractivity contribution in [2.24, 2.45) is 0 Å². The lowest BCUT2D eigenvalue weighted by atomic mass is 10.2. The number of nitro groups is 1. The molecular weight excluding hydrogens is 236 g/mol. The van der Waals surface area contributed by atoms with Crippen LogP contribution in [0.5, 0.6) is 0 Å². The Kier molecular flexibility index (Phi) is 4.71. The third-order valence-electron chi connectivity index (χ3n) is 1.78. The highest BCUT2D eigenvalue weighted by Crippen LogP contribution is 2.27. The van der Waals surface area contributed by atoms with Crippen LogP contribution in [0.25, 0.3) is 0 Å². The van der Waals surface area contributed by atoms with Gasteiger partial charge in [-0.05, 0) is 18.4 Å². The fourth-order valence-electron chi connectivity index (χ4n) is 1.10. The Bertz CT molecular complexity index is 360. The molecule has 0 aliphatic rings. The first-order valence-corrected chi connectivity index (χ1v) is 6.09. The van der Waals surface area contributed by atoms with Gasteiger partial charge in [-0.1, -0.05) is 11.6 Å². The summed E-state index contributed by atoms with van der Waals surface area (Å²) >= 11 is 7.44. The molecule has 0 spiro atoms. The Labute approximate surface area is 97.2 Å². The predicted octanol–water partition coefficient (Wildman–Crippen LogP) is 3.02. The van der Waals surface area contributed by atoms with Gasteiger partial charge in [0.15, 0.2) is 0 Å². The SMILES string of the molecule is CSCCNc1cc(Cl)ccc1[N+](=O)[O-]. The molecule has 1 aromatic carbocycles.